The molecule has 0 aliphatic carbocycles. The second kappa shape index (κ2) is 5.52. The molecule has 2 aromatic rings. The van der Waals surface area contributed by atoms with Crippen molar-refractivity contribution >= 4 is 11.4 Å². The normalized spacial score (nSPS) is 11.9. The minimum Gasteiger partial charge on any atom is -0.378 e. The van der Waals surface area contributed by atoms with Gasteiger partial charge in [-0.15, -0.1) is 0 Å². The molecule has 4 heteroatoms. The summed E-state index contributed by atoms with van der Waals surface area (Å²) in [5.41, 5.74) is 2.95. The van der Waals surface area contributed by atoms with Gasteiger partial charge in [-0.1, -0.05) is 36.4 Å². The van der Waals surface area contributed by atoms with Gasteiger partial charge in [0, 0.05) is 11.8 Å². The van der Waals surface area contributed by atoms with Crippen LogP contribution in [0.25, 0.3) is 0 Å². The fourth-order valence-electron chi connectivity index (χ4n) is 2.07. The van der Waals surface area contributed by atoms with Crippen molar-refractivity contribution < 1.29 is 4.92 Å². The molecule has 2 rings (SSSR count). The van der Waals surface area contributed by atoms with E-state index >= 15 is 0 Å². The highest BCUT2D eigenvalue weighted by Crippen LogP contribution is 2.28. The van der Waals surface area contributed by atoms with E-state index in [9.17, 15) is 10.1 Å². The van der Waals surface area contributed by atoms with E-state index in [1.165, 1.54) is 6.07 Å². The molecule has 19 heavy (non-hydrogen) atoms. The van der Waals surface area contributed by atoms with E-state index in [4.69, 9.17) is 0 Å². The van der Waals surface area contributed by atoms with Gasteiger partial charge in [-0.25, -0.2) is 0 Å². The highest BCUT2D eigenvalue weighted by molar-refractivity contribution is 5.53. The fourth-order valence-corrected chi connectivity index (χ4v) is 2.07. The van der Waals surface area contributed by atoms with Crippen LogP contribution in [0.2, 0.25) is 0 Å². The van der Waals surface area contributed by atoms with Gasteiger partial charge in [0.1, 0.15) is 0 Å². The summed E-state index contributed by atoms with van der Waals surface area (Å²) in [5, 5.41) is 14.3. The Morgan fingerprint density at radius 1 is 1.11 bits per heavy atom. The van der Waals surface area contributed by atoms with Gasteiger partial charge in [-0.3, -0.25) is 10.1 Å². The van der Waals surface area contributed by atoms with Crippen LogP contribution < -0.4 is 5.32 Å². The Morgan fingerprint density at radius 3 is 2.42 bits per heavy atom. The first-order chi connectivity index (χ1) is 9.09. The summed E-state index contributed by atoms with van der Waals surface area (Å²) >= 11 is 0. The second-order valence-electron chi connectivity index (χ2n) is 4.50. The van der Waals surface area contributed by atoms with Gasteiger partial charge in [0.05, 0.1) is 16.5 Å². The quantitative estimate of drug-likeness (QED) is 0.662. The van der Waals surface area contributed by atoms with Crippen LogP contribution in [0.1, 0.15) is 24.1 Å². The Bertz CT molecular complexity index is 596. The van der Waals surface area contributed by atoms with Crippen LogP contribution in [-0.2, 0) is 0 Å². The van der Waals surface area contributed by atoms with E-state index in [1.54, 1.807) is 12.1 Å². The second-order valence-corrected chi connectivity index (χ2v) is 4.50. The van der Waals surface area contributed by atoms with Crippen molar-refractivity contribution in [1.29, 1.82) is 0 Å². The van der Waals surface area contributed by atoms with Crippen LogP contribution in [0.5, 0.6) is 0 Å². The average molecular weight is 256 g/mol. The summed E-state index contributed by atoms with van der Waals surface area (Å²) in [6, 6.07) is 14.6. The monoisotopic (exact) mass is 256 g/mol. The summed E-state index contributed by atoms with van der Waals surface area (Å²) in [6.45, 7) is 3.93. The van der Waals surface area contributed by atoms with Gasteiger partial charge < -0.3 is 5.32 Å². The van der Waals surface area contributed by atoms with Crippen molar-refractivity contribution in [3.63, 3.8) is 0 Å². The SMILES string of the molecule is Cc1ccccc1NC(C)c1ccccc1[N+](=O)[O-]. The third kappa shape index (κ3) is 2.91. The van der Waals surface area contributed by atoms with Crippen LogP contribution in [0, 0.1) is 17.0 Å². The van der Waals surface area contributed by atoms with Crippen molar-refractivity contribution in [3.8, 4) is 0 Å². The van der Waals surface area contributed by atoms with Crippen LogP contribution in [0.4, 0.5) is 11.4 Å². The lowest BCUT2D eigenvalue weighted by Gasteiger charge is -2.17. The van der Waals surface area contributed by atoms with E-state index in [0.29, 0.717) is 5.56 Å². The molecule has 0 aliphatic rings. The van der Waals surface area contributed by atoms with Crippen molar-refractivity contribution in [1.82, 2.24) is 0 Å². The standard InChI is InChI=1S/C15H16N2O2/c1-11-7-3-5-9-14(11)16-12(2)13-8-4-6-10-15(13)17(18)19/h3-10,12,16H,1-2H3. The molecule has 0 amide bonds. The summed E-state index contributed by atoms with van der Waals surface area (Å²) in [7, 11) is 0. The van der Waals surface area contributed by atoms with Crippen LogP contribution in [0.15, 0.2) is 48.5 Å². The lowest BCUT2D eigenvalue weighted by Crippen LogP contribution is -2.09. The number of hydrogen-bond donors (Lipinski definition) is 1. The van der Waals surface area contributed by atoms with Gasteiger partial charge in [-0.2, -0.15) is 0 Å². The van der Waals surface area contributed by atoms with E-state index in [-0.39, 0.29) is 16.7 Å². The zero-order valence-corrected chi connectivity index (χ0v) is 11.0. The summed E-state index contributed by atoms with van der Waals surface area (Å²) in [5.74, 6) is 0. The molecule has 0 saturated heterocycles. The van der Waals surface area contributed by atoms with Gasteiger partial charge in [-0.05, 0) is 25.5 Å². The molecule has 0 aromatic heterocycles. The Hall–Kier alpha value is -2.36. The highest BCUT2D eigenvalue weighted by Gasteiger charge is 2.18. The van der Waals surface area contributed by atoms with Gasteiger partial charge in [0.2, 0.25) is 0 Å². The summed E-state index contributed by atoms with van der Waals surface area (Å²) in [4.78, 5) is 10.7. The molecule has 0 saturated carbocycles. The summed E-state index contributed by atoms with van der Waals surface area (Å²) < 4.78 is 0. The maximum absolute atomic E-state index is 11.0. The molecule has 1 N–H and O–H groups in total. The number of nitrogens with one attached hydrogen (secondary N) is 1. The molecule has 0 heterocycles. The fraction of sp³-hybridized carbons (Fsp3) is 0.200. The number of aryl methyl sites for hydroxylation is 1. The molecule has 4 nitrogen and oxygen atoms in total. The maximum atomic E-state index is 11.0. The van der Waals surface area contributed by atoms with Crippen molar-refractivity contribution in [2.75, 3.05) is 5.32 Å². The first-order valence-electron chi connectivity index (χ1n) is 6.15. The molecule has 98 valence electrons. The lowest BCUT2D eigenvalue weighted by molar-refractivity contribution is -0.385. The molecule has 1 unspecified atom stereocenters. The Kier molecular flexibility index (Phi) is 3.80. The van der Waals surface area contributed by atoms with E-state index < -0.39 is 0 Å². The number of para-hydroxylation sites is 2. The topological polar surface area (TPSA) is 55.2 Å². The molecule has 0 bridgehead atoms. The molecule has 0 radical (unpaired) electrons. The molecule has 2 aromatic carbocycles. The van der Waals surface area contributed by atoms with Crippen LogP contribution in [0.3, 0.4) is 0 Å². The van der Waals surface area contributed by atoms with E-state index in [1.807, 2.05) is 44.2 Å². The van der Waals surface area contributed by atoms with E-state index in [2.05, 4.69) is 5.32 Å². The Balaban J connectivity index is 2.28. The number of nitro benzene ring substituents is 1. The smallest absolute Gasteiger partial charge is 0.274 e. The zero-order valence-electron chi connectivity index (χ0n) is 11.0. The third-order valence-corrected chi connectivity index (χ3v) is 3.12. The number of benzene rings is 2. The first kappa shape index (κ1) is 13.1. The molecule has 0 spiro atoms. The largest absolute Gasteiger partial charge is 0.378 e. The molecule has 1 atom stereocenters. The molecule has 0 aliphatic heterocycles. The average Bonchev–Trinajstić information content (AvgIpc) is 2.41. The van der Waals surface area contributed by atoms with E-state index in [0.717, 1.165) is 11.3 Å². The van der Waals surface area contributed by atoms with Crippen LogP contribution >= 0.6 is 0 Å². The molecular formula is C15H16N2O2. The first-order valence-corrected chi connectivity index (χ1v) is 6.15. The van der Waals surface area contributed by atoms with Crippen molar-refractivity contribution in [3.05, 3.63) is 69.8 Å². The maximum Gasteiger partial charge on any atom is 0.274 e. The summed E-state index contributed by atoms with van der Waals surface area (Å²) in [6.07, 6.45) is 0. The minimum atomic E-state index is -0.342. The van der Waals surface area contributed by atoms with Gasteiger partial charge in [0.15, 0.2) is 0 Å². The Morgan fingerprint density at radius 2 is 1.74 bits per heavy atom. The molecular weight excluding hydrogens is 240 g/mol. The number of rotatable bonds is 4. The number of nitrogens with zero attached hydrogens (tertiary/aromatic N) is 1. The lowest BCUT2D eigenvalue weighted by atomic mass is 10.1. The van der Waals surface area contributed by atoms with Crippen molar-refractivity contribution in [2.45, 2.75) is 19.9 Å². The number of anilines is 1. The highest BCUT2D eigenvalue weighted by atomic mass is 16.6. The predicted octanol–water partition coefficient (Wildman–Crippen LogP) is 4.08. The predicted molar refractivity (Wildman–Crippen MR) is 76.3 cm³/mol. The Labute approximate surface area is 112 Å². The number of hydrogen-bond acceptors (Lipinski definition) is 3. The number of nitro groups is 1. The minimum absolute atomic E-state index is 0.122. The molecule has 0 fully saturated rings. The third-order valence-electron chi connectivity index (χ3n) is 3.12. The zero-order chi connectivity index (χ0) is 13.8. The van der Waals surface area contributed by atoms with Gasteiger partial charge >= 0.3 is 0 Å². The van der Waals surface area contributed by atoms with Crippen molar-refractivity contribution in [2.24, 2.45) is 0 Å². The van der Waals surface area contributed by atoms with Gasteiger partial charge in [0.25, 0.3) is 5.69 Å². The van der Waals surface area contributed by atoms with Crippen LogP contribution in [-0.4, -0.2) is 4.92 Å².